The van der Waals surface area contributed by atoms with Crippen molar-refractivity contribution in [2.24, 2.45) is 0 Å². The van der Waals surface area contributed by atoms with Gasteiger partial charge in [-0.3, -0.25) is 9.10 Å². The summed E-state index contributed by atoms with van der Waals surface area (Å²) in [7, 11) is -3.64. The number of nitrogens with one attached hydrogen (secondary N) is 1. The number of amides is 1. The first-order chi connectivity index (χ1) is 13.4. The van der Waals surface area contributed by atoms with Crippen molar-refractivity contribution < 1.29 is 22.7 Å². The number of benzene rings is 2. The lowest BCUT2D eigenvalue weighted by atomic mass is 10.1. The first-order valence-corrected chi connectivity index (χ1v) is 11.0. The lowest BCUT2D eigenvalue weighted by Crippen LogP contribution is -2.40. The van der Waals surface area contributed by atoms with E-state index in [1.54, 1.807) is 18.2 Å². The number of anilines is 1. The van der Waals surface area contributed by atoms with Crippen molar-refractivity contribution in [3.05, 3.63) is 54.1 Å². The molecule has 0 unspecified atom stereocenters. The Labute approximate surface area is 165 Å². The molecule has 0 bridgehead atoms. The maximum atomic E-state index is 12.3. The fraction of sp³-hybridized carbons (Fsp3) is 0.350. The van der Waals surface area contributed by atoms with Crippen LogP contribution in [0.4, 0.5) is 5.69 Å². The minimum Gasteiger partial charge on any atom is -0.486 e. The monoisotopic (exact) mass is 404 g/mol. The predicted octanol–water partition coefficient (Wildman–Crippen LogP) is 1.97. The number of nitrogens with zero attached hydrogens (tertiary/aromatic N) is 1. The molecule has 1 aliphatic heterocycles. The Morgan fingerprint density at radius 3 is 2.50 bits per heavy atom. The van der Waals surface area contributed by atoms with Gasteiger partial charge in [0.15, 0.2) is 11.5 Å². The fourth-order valence-electron chi connectivity index (χ4n) is 2.94. The van der Waals surface area contributed by atoms with E-state index in [0.29, 0.717) is 36.9 Å². The van der Waals surface area contributed by atoms with Crippen LogP contribution in [0.2, 0.25) is 0 Å². The van der Waals surface area contributed by atoms with Crippen molar-refractivity contribution in [1.82, 2.24) is 5.32 Å². The Morgan fingerprint density at radius 2 is 1.79 bits per heavy atom. The zero-order valence-electron chi connectivity index (χ0n) is 15.8. The van der Waals surface area contributed by atoms with Crippen LogP contribution in [-0.4, -0.2) is 46.9 Å². The minimum absolute atomic E-state index is 0.288. The summed E-state index contributed by atoms with van der Waals surface area (Å²) >= 11 is 0. The van der Waals surface area contributed by atoms with Gasteiger partial charge in [0, 0.05) is 12.6 Å². The van der Waals surface area contributed by atoms with E-state index in [9.17, 15) is 13.2 Å². The van der Waals surface area contributed by atoms with Crippen LogP contribution in [0.3, 0.4) is 0 Å². The van der Waals surface area contributed by atoms with Crippen molar-refractivity contribution in [2.75, 3.05) is 36.9 Å². The number of carbonyl (C=O) groups is 1. The van der Waals surface area contributed by atoms with Crippen LogP contribution in [0.5, 0.6) is 11.5 Å². The quantitative estimate of drug-likeness (QED) is 0.680. The van der Waals surface area contributed by atoms with E-state index >= 15 is 0 Å². The summed E-state index contributed by atoms with van der Waals surface area (Å²) in [5.74, 6) is 0.683. The van der Waals surface area contributed by atoms with Crippen molar-refractivity contribution >= 4 is 21.6 Å². The summed E-state index contributed by atoms with van der Waals surface area (Å²) in [6.07, 6.45) is 2.70. The van der Waals surface area contributed by atoms with E-state index in [-0.39, 0.29) is 12.5 Å². The summed E-state index contributed by atoms with van der Waals surface area (Å²) in [5, 5.41) is 2.79. The molecule has 0 atom stereocenters. The van der Waals surface area contributed by atoms with Crippen LogP contribution < -0.4 is 19.1 Å². The molecule has 1 aliphatic rings. The van der Waals surface area contributed by atoms with Crippen molar-refractivity contribution in [3.8, 4) is 11.5 Å². The zero-order chi connectivity index (χ0) is 20.0. The summed E-state index contributed by atoms with van der Waals surface area (Å²) in [6.45, 7) is 1.04. The topological polar surface area (TPSA) is 84.9 Å². The molecule has 0 aliphatic carbocycles. The van der Waals surface area contributed by atoms with E-state index in [2.05, 4.69) is 5.32 Å². The van der Waals surface area contributed by atoms with Gasteiger partial charge >= 0.3 is 0 Å². The summed E-state index contributed by atoms with van der Waals surface area (Å²) < 4.78 is 36.5. The third kappa shape index (κ3) is 5.39. The van der Waals surface area contributed by atoms with Gasteiger partial charge in [-0.15, -0.1) is 0 Å². The molecule has 1 amide bonds. The van der Waals surface area contributed by atoms with Crippen LogP contribution in [-0.2, 0) is 21.2 Å². The van der Waals surface area contributed by atoms with Gasteiger partial charge in [0.1, 0.15) is 19.8 Å². The lowest BCUT2D eigenvalue weighted by Gasteiger charge is -2.24. The number of sulfonamides is 1. The van der Waals surface area contributed by atoms with Crippen LogP contribution in [0.1, 0.15) is 12.0 Å². The number of rotatable bonds is 8. The highest BCUT2D eigenvalue weighted by molar-refractivity contribution is 7.92. The maximum absolute atomic E-state index is 12.3. The van der Waals surface area contributed by atoms with Gasteiger partial charge in [0.25, 0.3) is 0 Å². The molecular formula is C20H24N2O5S. The molecule has 8 heteroatoms. The van der Waals surface area contributed by atoms with Gasteiger partial charge in [-0.1, -0.05) is 30.3 Å². The number of hydrogen-bond acceptors (Lipinski definition) is 5. The van der Waals surface area contributed by atoms with Crippen LogP contribution in [0.25, 0.3) is 0 Å². The molecule has 150 valence electrons. The normalized spacial score (nSPS) is 13.0. The highest BCUT2D eigenvalue weighted by Gasteiger charge is 2.23. The first kappa shape index (κ1) is 20.0. The highest BCUT2D eigenvalue weighted by atomic mass is 32.2. The summed E-state index contributed by atoms with van der Waals surface area (Å²) in [6, 6.07) is 14.8. The Bertz CT molecular complexity index is 915. The standard InChI is InChI=1S/C20H24N2O5S/c1-28(24,25)22(17-9-10-18-19(14-17)27-13-12-26-18)15-20(23)21-11-5-8-16-6-3-2-4-7-16/h2-4,6-7,9-10,14H,5,8,11-13,15H2,1H3,(H,21,23). The summed E-state index contributed by atoms with van der Waals surface area (Å²) in [4.78, 5) is 12.3. The Hall–Kier alpha value is -2.74. The van der Waals surface area contributed by atoms with Crippen molar-refractivity contribution in [1.29, 1.82) is 0 Å². The van der Waals surface area contributed by atoms with E-state index in [1.807, 2.05) is 30.3 Å². The van der Waals surface area contributed by atoms with Crippen LogP contribution in [0.15, 0.2) is 48.5 Å². The second-order valence-electron chi connectivity index (χ2n) is 6.54. The van der Waals surface area contributed by atoms with E-state index < -0.39 is 10.0 Å². The Morgan fingerprint density at radius 1 is 1.07 bits per heavy atom. The molecule has 0 saturated carbocycles. The third-order valence-corrected chi connectivity index (χ3v) is 5.45. The molecule has 0 saturated heterocycles. The smallest absolute Gasteiger partial charge is 0.240 e. The van der Waals surface area contributed by atoms with Gasteiger partial charge in [-0.25, -0.2) is 8.42 Å². The third-order valence-electron chi connectivity index (χ3n) is 4.31. The second kappa shape index (κ2) is 8.97. The number of ether oxygens (including phenoxy) is 2. The molecule has 3 rings (SSSR count). The molecule has 7 nitrogen and oxygen atoms in total. The predicted molar refractivity (Wildman–Crippen MR) is 107 cm³/mol. The first-order valence-electron chi connectivity index (χ1n) is 9.11. The average molecular weight is 404 g/mol. The molecule has 0 fully saturated rings. The highest BCUT2D eigenvalue weighted by Crippen LogP contribution is 2.34. The molecule has 1 heterocycles. The molecule has 1 N–H and O–H groups in total. The van der Waals surface area contributed by atoms with Crippen LogP contribution >= 0.6 is 0 Å². The second-order valence-corrected chi connectivity index (χ2v) is 8.44. The molecule has 2 aromatic carbocycles. The average Bonchev–Trinajstić information content (AvgIpc) is 2.69. The lowest BCUT2D eigenvalue weighted by molar-refractivity contribution is -0.119. The van der Waals surface area contributed by atoms with E-state index in [1.165, 1.54) is 5.56 Å². The van der Waals surface area contributed by atoms with Gasteiger partial charge in [-0.05, 0) is 30.5 Å². The number of hydrogen-bond donors (Lipinski definition) is 1. The Kier molecular flexibility index (Phi) is 6.41. The van der Waals surface area contributed by atoms with Gasteiger partial charge in [-0.2, -0.15) is 0 Å². The van der Waals surface area contributed by atoms with E-state index in [4.69, 9.17) is 9.47 Å². The molecule has 0 spiro atoms. The molecule has 2 aromatic rings. The number of fused-ring (bicyclic) bond motifs is 1. The van der Waals surface area contributed by atoms with Crippen molar-refractivity contribution in [3.63, 3.8) is 0 Å². The molecule has 28 heavy (non-hydrogen) atoms. The minimum atomic E-state index is -3.64. The number of aryl methyl sites for hydroxylation is 1. The van der Waals surface area contributed by atoms with Gasteiger partial charge < -0.3 is 14.8 Å². The largest absolute Gasteiger partial charge is 0.486 e. The molecule has 0 radical (unpaired) electrons. The van der Waals surface area contributed by atoms with Crippen LogP contribution in [0, 0.1) is 0 Å². The van der Waals surface area contributed by atoms with E-state index in [0.717, 1.165) is 23.4 Å². The van der Waals surface area contributed by atoms with Gasteiger partial charge in [0.2, 0.25) is 15.9 Å². The van der Waals surface area contributed by atoms with Gasteiger partial charge in [0.05, 0.1) is 11.9 Å². The maximum Gasteiger partial charge on any atom is 0.240 e. The molecule has 0 aromatic heterocycles. The SMILES string of the molecule is CS(=O)(=O)N(CC(=O)NCCCc1ccccc1)c1ccc2c(c1)OCCO2. The Balaban J connectivity index is 1.59. The van der Waals surface area contributed by atoms with Crippen molar-refractivity contribution in [2.45, 2.75) is 12.8 Å². The molecular weight excluding hydrogens is 380 g/mol. The fourth-order valence-corrected chi connectivity index (χ4v) is 3.79. The number of carbonyl (C=O) groups excluding carboxylic acids is 1. The zero-order valence-corrected chi connectivity index (χ0v) is 16.6. The summed E-state index contributed by atoms with van der Waals surface area (Å²) in [5.41, 5.74) is 1.57.